The molecule has 4 nitrogen and oxygen atoms in total. The Balaban J connectivity index is 0.000000164. The summed E-state index contributed by atoms with van der Waals surface area (Å²) in [6.45, 7) is 8.58. The normalized spacial score (nSPS) is 14.8. The highest BCUT2D eigenvalue weighted by Gasteiger charge is 2.38. The van der Waals surface area contributed by atoms with E-state index in [2.05, 4.69) is 160 Å². The predicted molar refractivity (Wildman–Crippen MR) is 499 cm³/mol. The second kappa shape index (κ2) is 29.2. The number of hydrogen-bond donors (Lipinski definition) is 0. The van der Waals surface area contributed by atoms with Gasteiger partial charge in [-0.05, 0) is 221 Å². The van der Waals surface area contributed by atoms with E-state index >= 15 is 0 Å². The van der Waals surface area contributed by atoms with Crippen molar-refractivity contribution in [2.24, 2.45) is 0 Å². The highest BCUT2D eigenvalue weighted by molar-refractivity contribution is 6.13. The molecule has 2 aliphatic rings. The zero-order valence-electron chi connectivity index (χ0n) is 83.0. The van der Waals surface area contributed by atoms with Gasteiger partial charge in [0, 0.05) is 77.6 Å². The van der Waals surface area contributed by atoms with Crippen LogP contribution in [0.25, 0.3) is 144 Å². The lowest BCUT2D eigenvalue weighted by Crippen LogP contribution is -2.16. The fourth-order valence-corrected chi connectivity index (χ4v) is 17.7. The van der Waals surface area contributed by atoms with E-state index in [9.17, 15) is 15.1 Å². The summed E-state index contributed by atoms with van der Waals surface area (Å²) in [6.07, 6.45) is 0. The Labute approximate surface area is 715 Å². The number of fused-ring (bicyclic) bond motifs is 12. The average Bonchev–Trinajstić information content (AvgIpc) is 1.46. The van der Waals surface area contributed by atoms with Crippen LogP contribution in [0.5, 0.6) is 0 Å². The molecule has 118 heavy (non-hydrogen) atoms. The van der Waals surface area contributed by atoms with Gasteiger partial charge in [0.15, 0.2) is 0 Å². The molecule has 0 amide bonds. The van der Waals surface area contributed by atoms with Crippen LogP contribution >= 0.6 is 0 Å². The lowest BCUT2D eigenvalue weighted by Gasteiger charge is -2.28. The number of benzene rings is 18. The molecule has 0 spiro atoms. The number of anilines is 6. The van der Waals surface area contributed by atoms with Crippen molar-refractivity contribution in [3.05, 3.63) is 459 Å². The quantitative estimate of drug-likeness (QED) is 0.108. The molecule has 0 unspecified atom stereocenters. The maximum absolute atomic E-state index is 9.84. The summed E-state index contributed by atoms with van der Waals surface area (Å²) in [4.78, 5) is 3.22. The van der Waals surface area contributed by atoms with Crippen LogP contribution in [-0.4, -0.2) is 9.13 Å². The second-order valence-electron chi connectivity index (χ2n) is 30.9. The maximum Gasteiger partial charge on any atom is 0.0645 e. The molecule has 560 valence electrons. The molecule has 2 heterocycles. The van der Waals surface area contributed by atoms with Gasteiger partial charge < -0.3 is 18.9 Å². The van der Waals surface area contributed by atoms with E-state index in [1.54, 1.807) is 12.1 Å². The van der Waals surface area contributed by atoms with Crippen molar-refractivity contribution in [3.63, 3.8) is 0 Å². The van der Waals surface area contributed by atoms with E-state index in [1.807, 2.05) is 191 Å². The van der Waals surface area contributed by atoms with Crippen LogP contribution < -0.4 is 9.80 Å². The standard InChI is InChI=1S/2C57H42N2/c2*1-57(2)52-25-12-9-23-48(52)49-34-33-46(38-53(49)57)58(45-21-15-20-42(36-45)39-16-5-3-6-17-39)44-31-28-40(29-32-44)43-30-35-56-51(37-43)50-24-11-14-27-55(50)59(56)54-26-13-10-22-47(54)41-18-7-4-8-19-41/h2*3-38H,1-2H3/i3D,5D,6D,15D,16D,17D,20D,21D,28D,29D,30D,31D,32D,35D;28D,29D,31D,32D. The Morgan fingerprint density at radius 2 is 0.585 bits per heavy atom. The summed E-state index contributed by atoms with van der Waals surface area (Å²) in [5, 5.41) is 3.29. The van der Waals surface area contributed by atoms with Crippen LogP contribution in [0.3, 0.4) is 0 Å². The largest absolute Gasteiger partial charge is 0.310 e. The van der Waals surface area contributed by atoms with Crippen LogP contribution in [0, 0.1) is 0 Å². The molecule has 2 aliphatic carbocycles. The van der Waals surface area contributed by atoms with Crippen molar-refractivity contribution in [3.8, 4) is 100 Å². The van der Waals surface area contributed by atoms with E-state index < -0.39 is 77.9 Å². The summed E-state index contributed by atoms with van der Waals surface area (Å²) in [7, 11) is 0. The number of hydrogen-bond acceptors (Lipinski definition) is 2. The summed E-state index contributed by atoms with van der Waals surface area (Å²) in [5.74, 6) is 0. The molecule has 0 saturated carbocycles. The first-order chi connectivity index (χ1) is 65.6. The Hall–Kier alpha value is -14.8. The minimum atomic E-state index is -0.675. The molecule has 22 rings (SSSR count). The smallest absolute Gasteiger partial charge is 0.0645 e. The number of nitrogens with zero attached hydrogens (tertiary/aromatic N) is 4. The van der Waals surface area contributed by atoms with Gasteiger partial charge in [0.2, 0.25) is 0 Å². The maximum atomic E-state index is 9.84. The molecule has 2 aromatic heterocycles. The molecular weight excluding hydrogens is 1430 g/mol. The summed E-state index contributed by atoms with van der Waals surface area (Å²) in [5.41, 5.74) is 20.1. The first-order valence-electron chi connectivity index (χ1n) is 48.6. The lowest BCUT2D eigenvalue weighted by molar-refractivity contribution is 0.660. The van der Waals surface area contributed by atoms with E-state index in [4.69, 9.17) is 9.60 Å². The zero-order valence-corrected chi connectivity index (χ0v) is 65.0. The third-order valence-corrected chi connectivity index (χ3v) is 23.4. The van der Waals surface area contributed by atoms with Crippen molar-refractivity contribution >= 4 is 77.7 Å². The molecule has 0 aliphatic heterocycles. The Morgan fingerprint density at radius 3 is 1.15 bits per heavy atom. The van der Waals surface area contributed by atoms with Crippen molar-refractivity contribution < 1.29 is 24.7 Å². The number of rotatable bonds is 14. The summed E-state index contributed by atoms with van der Waals surface area (Å²) < 4.78 is 172. The van der Waals surface area contributed by atoms with E-state index in [0.29, 0.717) is 16.5 Å². The van der Waals surface area contributed by atoms with Crippen LogP contribution in [-0.2, 0) is 10.8 Å². The van der Waals surface area contributed by atoms with E-state index in [0.717, 1.165) is 122 Å². The second-order valence-corrected chi connectivity index (χ2v) is 30.9. The number of aromatic nitrogens is 2. The highest BCUT2D eigenvalue weighted by Crippen LogP contribution is 2.54. The molecule has 0 radical (unpaired) electrons. The van der Waals surface area contributed by atoms with E-state index in [-0.39, 0.29) is 92.2 Å². The zero-order chi connectivity index (χ0) is 94.7. The third kappa shape index (κ3) is 12.3. The highest BCUT2D eigenvalue weighted by atomic mass is 15.1. The number of para-hydroxylation sites is 4. The minimum absolute atomic E-state index is 0.0134. The van der Waals surface area contributed by atoms with Crippen molar-refractivity contribution in [1.82, 2.24) is 9.13 Å². The molecule has 0 atom stereocenters. The first kappa shape index (κ1) is 54.0. The Bertz CT molecular complexity index is 8330. The van der Waals surface area contributed by atoms with Gasteiger partial charge in [-0.15, -0.1) is 0 Å². The molecule has 0 fully saturated rings. The fourth-order valence-electron chi connectivity index (χ4n) is 17.7. The monoisotopic (exact) mass is 1530 g/mol. The predicted octanol–water partition coefficient (Wildman–Crippen LogP) is 31.1. The molecule has 4 heteroatoms. The summed E-state index contributed by atoms with van der Waals surface area (Å²) in [6, 6.07) is 99.4. The Kier molecular flexibility index (Phi) is 13.4. The van der Waals surface area contributed by atoms with Gasteiger partial charge in [-0.2, -0.15) is 0 Å². The average molecular weight is 1530 g/mol. The van der Waals surface area contributed by atoms with Crippen LogP contribution in [0.1, 0.15) is 74.6 Å². The minimum Gasteiger partial charge on any atom is -0.310 e. The molecule has 0 bridgehead atoms. The molecule has 0 N–H and O–H groups in total. The summed E-state index contributed by atoms with van der Waals surface area (Å²) >= 11 is 0. The molecular formula is C114H84N4. The van der Waals surface area contributed by atoms with Gasteiger partial charge >= 0.3 is 0 Å². The third-order valence-electron chi connectivity index (χ3n) is 23.4. The van der Waals surface area contributed by atoms with Gasteiger partial charge in [-0.25, -0.2) is 0 Å². The van der Waals surface area contributed by atoms with Gasteiger partial charge in [-0.1, -0.05) is 343 Å². The van der Waals surface area contributed by atoms with Crippen LogP contribution in [0.2, 0.25) is 0 Å². The molecule has 0 saturated heterocycles. The first-order valence-corrected chi connectivity index (χ1v) is 39.6. The van der Waals surface area contributed by atoms with E-state index in [1.165, 1.54) is 22.1 Å². The fraction of sp³-hybridized carbons (Fsp3) is 0.0526. The van der Waals surface area contributed by atoms with Crippen LogP contribution in [0.4, 0.5) is 34.1 Å². The lowest BCUT2D eigenvalue weighted by atomic mass is 9.82. The van der Waals surface area contributed by atoms with Crippen molar-refractivity contribution in [2.75, 3.05) is 9.80 Å². The van der Waals surface area contributed by atoms with Gasteiger partial charge in [0.25, 0.3) is 0 Å². The molecule has 18 aromatic carbocycles. The topological polar surface area (TPSA) is 16.3 Å². The van der Waals surface area contributed by atoms with Crippen LogP contribution in [0.15, 0.2) is 436 Å². The van der Waals surface area contributed by atoms with Gasteiger partial charge in [0.1, 0.15) is 0 Å². The SMILES string of the molecule is [2H]c1c(-c2c([2H])c([2H])c([2H])c([2H])c2[2H])cc(N(c2ccc3c(c2)C(C)(C)c2ccccc2-3)c2c([2H])c([2H])c(-c3cc4c5ccccc5n(-c5ccccc5-c5ccccc5)c4c([2H])c3[2H])c([2H])c2[2H])c([2H])c1[2H].[2H]c1c([2H])c(N(c2cccc(-c3ccccc3)c2)c2ccc3c(c2)C(C)(C)c2ccccc2-3)c([2H])c([2H])c1-c1ccc2c(c1)c1ccccc1n2-c1ccccc1-c1ccccc1. The van der Waals surface area contributed by atoms with Gasteiger partial charge in [0.05, 0.1) is 58.1 Å². The van der Waals surface area contributed by atoms with Crippen molar-refractivity contribution in [2.45, 2.75) is 38.5 Å². The van der Waals surface area contributed by atoms with Crippen molar-refractivity contribution in [1.29, 1.82) is 0 Å². The Morgan fingerprint density at radius 1 is 0.203 bits per heavy atom. The molecule has 20 aromatic rings. The van der Waals surface area contributed by atoms with Gasteiger partial charge in [-0.3, -0.25) is 0 Å².